The molecule has 0 spiro atoms. The summed E-state index contributed by atoms with van der Waals surface area (Å²) in [4.78, 5) is 26.3. The second-order valence-corrected chi connectivity index (χ2v) is 9.18. The summed E-state index contributed by atoms with van der Waals surface area (Å²) >= 11 is 0. The Balaban J connectivity index is 1.70. The molecule has 6 nitrogen and oxygen atoms in total. The molecule has 2 aliphatic rings. The number of benzene rings is 1. The van der Waals surface area contributed by atoms with Gasteiger partial charge in [0.2, 0.25) is 5.91 Å². The quantitative estimate of drug-likeness (QED) is 0.795. The highest BCUT2D eigenvalue weighted by Gasteiger charge is 2.31. The maximum atomic E-state index is 12.6. The molecule has 26 heavy (non-hydrogen) atoms. The van der Waals surface area contributed by atoms with Crippen molar-refractivity contribution in [2.75, 3.05) is 23.7 Å². The van der Waals surface area contributed by atoms with E-state index < -0.39 is 9.84 Å². The predicted octanol–water partition coefficient (Wildman–Crippen LogP) is 1.85. The second-order valence-electron chi connectivity index (χ2n) is 6.78. The van der Waals surface area contributed by atoms with E-state index in [0.29, 0.717) is 37.9 Å². The molecule has 1 aromatic rings. The van der Waals surface area contributed by atoms with Crippen LogP contribution in [0.1, 0.15) is 41.6 Å². The van der Waals surface area contributed by atoms with E-state index in [1.54, 1.807) is 17.0 Å². The van der Waals surface area contributed by atoms with Gasteiger partial charge >= 0.3 is 0 Å². The monoisotopic (exact) mass is 376 g/mol. The van der Waals surface area contributed by atoms with Crippen molar-refractivity contribution in [1.29, 1.82) is 0 Å². The number of nitrogens with one attached hydrogen (secondary N) is 1. The molecule has 3 rings (SSSR count). The van der Waals surface area contributed by atoms with Crippen LogP contribution in [0.4, 0.5) is 5.69 Å². The van der Waals surface area contributed by atoms with Crippen LogP contribution in [0, 0.1) is 0 Å². The molecule has 1 aromatic carbocycles. The Kier molecular flexibility index (Phi) is 5.46. The van der Waals surface area contributed by atoms with Crippen LogP contribution in [0.25, 0.3) is 0 Å². The molecule has 0 aromatic heterocycles. The van der Waals surface area contributed by atoms with Gasteiger partial charge in [0.05, 0.1) is 11.0 Å². The minimum absolute atomic E-state index is 0.171. The van der Waals surface area contributed by atoms with E-state index in [-0.39, 0.29) is 22.8 Å². The number of carbonyl (C=O) groups excluding carboxylic acids is 2. The Bertz CT molecular complexity index is 832. The van der Waals surface area contributed by atoms with Crippen molar-refractivity contribution in [1.82, 2.24) is 5.32 Å². The fourth-order valence-electron chi connectivity index (χ4n) is 3.80. The van der Waals surface area contributed by atoms with Gasteiger partial charge in [-0.1, -0.05) is 12.6 Å². The van der Waals surface area contributed by atoms with Crippen LogP contribution in [0.2, 0.25) is 0 Å². The van der Waals surface area contributed by atoms with Gasteiger partial charge in [0.15, 0.2) is 9.84 Å². The van der Waals surface area contributed by atoms with Crippen LogP contribution in [0.5, 0.6) is 0 Å². The van der Waals surface area contributed by atoms with E-state index in [9.17, 15) is 18.0 Å². The van der Waals surface area contributed by atoms with Crippen LogP contribution in [-0.4, -0.2) is 44.3 Å². The zero-order valence-corrected chi connectivity index (χ0v) is 15.6. The molecular weight excluding hydrogens is 352 g/mol. The molecule has 2 heterocycles. The normalized spacial score (nSPS) is 21.1. The average molecular weight is 376 g/mol. The lowest BCUT2D eigenvalue weighted by Crippen LogP contribution is -2.36. The lowest BCUT2D eigenvalue weighted by molar-refractivity contribution is -0.114. The minimum atomic E-state index is -2.99. The van der Waals surface area contributed by atoms with Gasteiger partial charge in [0, 0.05) is 24.3 Å². The lowest BCUT2D eigenvalue weighted by atomic mass is 9.95. The molecule has 140 valence electrons. The molecule has 0 saturated carbocycles. The van der Waals surface area contributed by atoms with Crippen LogP contribution >= 0.6 is 0 Å². The van der Waals surface area contributed by atoms with Gasteiger partial charge in [-0.25, -0.2) is 8.42 Å². The summed E-state index contributed by atoms with van der Waals surface area (Å²) in [5.41, 5.74) is 2.17. The molecule has 1 N–H and O–H groups in total. The highest BCUT2D eigenvalue weighted by molar-refractivity contribution is 7.92. The summed E-state index contributed by atoms with van der Waals surface area (Å²) in [6, 6.07) is 5.37. The predicted molar refractivity (Wildman–Crippen MR) is 101 cm³/mol. The number of amides is 2. The van der Waals surface area contributed by atoms with Gasteiger partial charge in [0.1, 0.15) is 0 Å². The van der Waals surface area contributed by atoms with Gasteiger partial charge in [-0.05, 0) is 55.9 Å². The number of nitrogens with zero attached hydrogens (tertiary/aromatic N) is 1. The Morgan fingerprint density at radius 1 is 1.31 bits per heavy atom. The summed E-state index contributed by atoms with van der Waals surface area (Å²) in [6.45, 7) is 4.49. The fourth-order valence-corrected chi connectivity index (χ4v) is 5.71. The van der Waals surface area contributed by atoms with E-state index in [0.717, 1.165) is 24.1 Å². The Morgan fingerprint density at radius 2 is 2.12 bits per heavy atom. The van der Waals surface area contributed by atoms with Gasteiger partial charge in [-0.15, -0.1) is 0 Å². The first-order valence-corrected chi connectivity index (χ1v) is 10.7. The Morgan fingerprint density at radius 3 is 2.81 bits per heavy atom. The third-order valence-corrected chi connectivity index (χ3v) is 7.50. The molecule has 2 amide bonds. The van der Waals surface area contributed by atoms with E-state index in [2.05, 4.69) is 11.9 Å². The first-order valence-electron chi connectivity index (χ1n) is 8.99. The zero-order chi connectivity index (χ0) is 18.7. The molecular formula is C19H24N2O4S. The molecule has 2 aliphatic heterocycles. The standard InChI is InChI=1S/C19H24N2O4S/c1-2-18(22)21-12-4-8-15-16(7-3-9-17(15)21)19(23)20-11-10-14-6-5-13-26(14,24)25/h2-3,7,9,14H,1,4-6,8,10-13H2,(H,20,23). The van der Waals surface area contributed by atoms with Crippen LogP contribution in [-0.2, 0) is 21.1 Å². The fraction of sp³-hybridized carbons (Fsp3) is 0.474. The van der Waals surface area contributed by atoms with E-state index >= 15 is 0 Å². The highest BCUT2D eigenvalue weighted by atomic mass is 32.2. The summed E-state index contributed by atoms with van der Waals surface area (Å²) in [5.74, 6) is -0.134. The molecule has 1 fully saturated rings. The van der Waals surface area contributed by atoms with E-state index in [1.807, 2.05) is 6.07 Å². The summed E-state index contributed by atoms with van der Waals surface area (Å²) < 4.78 is 23.7. The van der Waals surface area contributed by atoms with E-state index in [4.69, 9.17) is 0 Å². The molecule has 1 atom stereocenters. The number of sulfone groups is 1. The van der Waals surface area contributed by atoms with Crippen molar-refractivity contribution in [3.05, 3.63) is 42.0 Å². The topological polar surface area (TPSA) is 83.6 Å². The van der Waals surface area contributed by atoms with Gasteiger partial charge < -0.3 is 10.2 Å². The Hall–Kier alpha value is -2.15. The molecule has 0 bridgehead atoms. The molecule has 7 heteroatoms. The number of hydrogen-bond donors (Lipinski definition) is 1. The lowest BCUT2D eigenvalue weighted by Gasteiger charge is -2.29. The third-order valence-electron chi connectivity index (χ3n) is 5.15. The largest absolute Gasteiger partial charge is 0.352 e. The molecule has 1 saturated heterocycles. The second kappa shape index (κ2) is 7.61. The summed E-state index contributed by atoms with van der Waals surface area (Å²) in [7, 11) is -2.99. The number of anilines is 1. The minimum Gasteiger partial charge on any atom is -0.352 e. The van der Waals surface area contributed by atoms with Crippen molar-refractivity contribution < 1.29 is 18.0 Å². The van der Waals surface area contributed by atoms with Gasteiger partial charge in [0.25, 0.3) is 5.91 Å². The number of carbonyl (C=O) groups is 2. The third kappa shape index (κ3) is 3.67. The van der Waals surface area contributed by atoms with Crippen LogP contribution < -0.4 is 10.2 Å². The summed E-state index contributed by atoms with van der Waals surface area (Å²) in [6.07, 6.45) is 4.64. The first-order chi connectivity index (χ1) is 12.4. The number of fused-ring (bicyclic) bond motifs is 1. The smallest absolute Gasteiger partial charge is 0.251 e. The van der Waals surface area contributed by atoms with Crippen molar-refractivity contribution >= 4 is 27.3 Å². The van der Waals surface area contributed by atoms with Crippen LogP contribution in [0.15, 0.2) is 30.9 Å². The SMILES string of the molecule is C=CC(=O)N1CCCc2c(C(=O)NCCC3CCCS3(=O)=O)cccc21. The average Bonchev–Trinajstić information content (AvgIpc) is 2.98. The van der Waals surface area contributed by atoms with Gasteiger partial charge in [-0.3, -0.25) is 9.59 Å². The van der Waals surface area contributed by atoms with Crippen molar-refractivity contribution in [2.24, 2.45) is 0 Å². The maximum Gasteiger partial charge on any atom is 0.251 e. The zero-order valence-electron chi connectivity index (χ0n) is 14.7. The summed E-state index contributed by atoms with van der Waals surface area (Å²) in [5, 5.41) is 2.51. The molecule has 0 radical (unpaired) electrons. The molecule has 1 unspecified atom stereocenters. The van der Waals surface area contributed by atoms with Gasteiger partial charge in [-0.2, -0.15) is 0 Å². The maximum absolute atomic E-state index is 12.6. The first kappa shape index (κ1) is 18.6. The van der Waals surface area contributed by atoms with Crippen molar-refractivity contribution in [2.45, 2.75) is 37.4 Å². The van der Waals surface area contributed by atoms with E-state index in [1.165, 1.54) is 6.08 Å². The number of hydrogen-bond acceptors (Lipinski definition) is 4. The van der Waals surface area contributed by atoms with Crippen molar-refractivity contribution in [3.8, 4) is 0 Å². The van der Waals surface area contributed by atoms with Crippen LogP contribution in [0.3, 0.4) is 0 Å². The molecule has 0 aliphatic carbocycles. The Labute approximate surface area is 154 Å². The van der Waals surface area contributed by atoms with Crippen molar-refractivity contribution in [3.63, 3.8) is 0 Å². The number of rotatable bonds is 5. The highest BCUT2D eigenvalue weighted by Crippen LogP contribution is 2.30.